The second kappa shape index (κ2) is 5.35. The van der Waals surface area contributed by atoms with Crippen molar-refractivity contribution in [3.05, 3.63) is 45.5 Å². The smallest absolute Gasteiger partial charge is 0.148 e. The van der Waals surface area contributed by atoms with Crippen molar-refractivity contribution in [2.45, 2.75) is 18.7 Å². The molecular weight excluding hydrogens is 354 g/mol. The van der Waals surface area contributed by atoms with Gasteiger partial charge in [-0.1, -0.05) is 19.1 Å². The van der Waals surface area contributed by atoms with Crippen LogP contribution in [0.5, 0.6) is 0 Å². The third-order valence-corrected chi connectivity index (χ3v) is 3.87. The summed E-state index contributed by atoms with van der Waals surface area (Å²) >= 11 is 8.30. The number of hydrogen-bond donors (Lipinski definition) is 0. The quantitative estimate of drug-likeness (QED) is 0.586. The first-order chi connectivity index (χ1) is 8.13. The number of hydrogen-bond acceptors (Lipinski definition) is 1. The van der Waals surface area contributed by atoms with Crippen molar-refractivity contribution in [3.8, 4) is 5.69 Å². The van der Waals surface area contributed by atoms with Crippen molar-refractivity contribution in [2.75, 3.05) is 0 Å². The zero-order valence-corrected chi connectivity index (χ0v) is 12.1. The Labute approximate surface area is 118 Å². The molecule has 5 heteroatoms. The Bertz CT molecular complexity index is 527. The average Bonchev–Trinajstić information content (AvgIpc) is 2.71. The fraction of sp³-hybridized carbons (Fsp3) is 0.250. The zero-order valence-electron chi connectivity index (χ0n) is 9.20. The molecule has 90 valence electrons. The van der Waals surface area contributed by atoms with Gasteiger partial charge >= 0.3 is 0 Å². The van der Waals surface area contributed by atoms with Crippen molar-refractivity contribution in [3.63, 3.8) is 0 Å². The van der Waals surface area contributed by atoms with E-state index in [0.29, 0.717) is 5.69 Å². The molecule has 17 heavy (non-hydrogen) atoms. The number of rotatable bonds is 3. The van der Waals surface area contributed by atoms with E-state index in [-0.39, 0.29) is 11.2 Å². The van der Waals surface area contributed by atoms with Crippen LogP contribution in [0.25, 0.3) is 5.69 Å². The van der Waals surface area contributed by atoms with E-state index in [1.807, 2.05) is 6.92 Å². The predicted octanol–water partition coefficient (Wildman–Crippen LogP) is 4.31. The molecule has 0 amide bonds. The molecule has 0 aliphatic heterocycles. The lowest BCUT2D eigenvalue weighted by atomic mass is 10.2. The summed E-state index contributed by atoms with van der Waals surface area (Å²) in [6.45, 7) is 2.01. The highest BCUT2D eigenvalue weighted by Gasteiger charge is 2.15. The topological polar surface area (TPSA) is 17.8 Å². The van der Waals surface area contributed by atoms with E-state index in [4.69, 9.17) is 11.6 Å². The molecule has 0 aliphatic rings. The van der Waals surface area contributed by atoms with Gasteiger partial charge in [-0.2, -0.15) is 5.10 Å². The molecule has 0 spiro atoms. The minimum Gasteiger partial charge on any atom is -0.237 e. The highest BCUT2D eigenvalue weighted by atomic mass is 127. The van der Waals surface area contributed by atoms with E-state index < -0.39 is 0 Å². The molecular formula is C12H11ClFIN2. The molecule has 1 aromatic heterocycles. The first kappa shape index (κ1) is 12.8. The van der Waals surface area contributed by atoms with Crippen LogP contribution in [0.2, 0.25) is 0 Å². The van der Waals surface area contributed by atoms with Crippen LogP contribution in [0, 0.1) is 9.52 Å². The second-order valence-corrected chi connectivity index (χ2v) is 5.20. The molecule has 0 aliphatic carbocycles. The van der Waals surface area contributed by atoms with Gasteiger partial charge in [-0.25, -0.2) is 9.07 Å². The maximum Gasteiger partial charge on any atom is 0.148 e. The van der Waals surface area contributed by atoms with Crippen LogP contribution in [0.1, 0.15) is 24.3 Å². The Morgan fingerprint density at radius 3 is 2.82 bits per heavy atom. The summed E-state index contributed by atoms with van der Waals surface area (Å²) < 4.78 is 16.0. The van der Waals surface area contributed by atoms with Crippen LogP contribution in [0.4, 0.5) is 4.39 Å². The number of halogens is 3. The standard InChI is InChI=1S/C12H11ClFIN2/c1-2-9(13)8-7-17(16-12(8)15)11-6-4-3-5-10(11)14/h3-7,9H,2H2,1H3. The fourth-order valence-corrected chi connectivity index (χ4v) is 2.65. The number of nitrogens with zero attached hydrogens (tertiary/aromatic N) is 2. The van der Waals surface area contributed by atoms with Crippen molar-refractivity contribution in [2.24, 2.45) is 0 Å². The van der Waals surface area contributed by atoms with Crippen LogP contribution < -0.4 is 0 Å². The van der Waals surface area contributed by atoms with E-state index in [1.165, 1.54) is 10.7 Å². The van der Waals surface area contributed by atoms with E-state index in [1.54, 1.807) is 24.4 Å². The lowest BCUT2D eigenvalue weighted by Gasteiger charge is -2.03. The summed E-state index contributed by atoms with van der Waals surface area (Å²) in [6, 6.07) is 6.55. The highest BCUT2D eigenvalue weighted by molar-refractivity contribution is 14.1. The Morgan fingerprint density at radius 1 is 1.47 bits per heavy atom. The Hall–Kier alpha value is -0.620. The van der Waals surface area contributed by atoms with Crippen molar-refractivity contribution in [1.82, 2.24) is 9.78 Å². The van der Waals surface area contributed by atoms with E-state index in [0.717, 1.165) is 15.7 Å². The molecule has 0 saturated carbocycles. The summed E-state index contributed by atoms with van der Waals surface area (Å²) in [4.78, 5) is 0. The summed E-state index contributed by atoms with van der Waals surface area (Å²) in [5.41, 5.74) is 1.38. The van der Waals surface area contributed by atoms with Gasteiger partial charge in [0.15, 0.2) is 0 Å². The number of aromatic nitrogens is 2. The molecule has 2 rings (SSSR count). The van der Waals surface area contributed by atoms with E-state index >= 15 is 0 Å². The lowest BCUT2D eigenvalue weighted by molar-refractivity contribution is 0.610. The third-order valence-electron chi connectivity index (χ3n) is 2.49. The second-order valence-electron chi connectivity index (χ2n) is 3.65. The normalized spacial score (nSPS) is 12.7. The number of para-hydroxylation sites is 1. The number of benzene rings is 1. The predicted molar refractivity (Wildman–Crippen MR) is 75.1 cm³/mol. The molecule has 1 unspecified atom stereocenters. The average molecular weight is 365 g/mol. The molecule has 0 radical (unpaired) electrons. The minimum absolute atomic E-state index is 0.0811. The van der Waals surface area contributed by atoms with Crippen LogP contribution in [0.15, 0.2) is 30.5 Å². The van der Waals surface area contributed by atoms with Crippen LogP contribution in [-0.2, 0) is 0 Å². The molecule has 0 saturated heterocycles. The largest absolute Gasteiger partial charge is 0.237 e. The van der Waals surface area contributed by atoms with Crippen LogP contribution in [-0.4, -0.2) is 9.78 Å². The Kier molecular flexibility index (Phi) is 4.04. The van der Waals surface area contributed by atoms with Crippen LogP contribution in [0.3, 0.4) is 0 Å². The van der Waals surface area contributed by atoms with Gasteiger partial charge in [0.25, 0.3) is 0 Å². The molecule has 2 aromatic rings. The molecule has 1 aromatic carbocycles. The van der Waals surface area contributed by atoms with Gasteiger partial charge in [0.1, 0.15) is 15.2 Å². The van der Waals surface area contributed by atoms with Crippen LogP contribution >= 0.6 is 34.2 Å². The van der Waals surface area contributed by atoms with Gasteiger partial charge in [0.05, 0.1) is 5.38 Å². The summed E-state index contributed by atoms with van der Waals surface area (Å²) in [7, 11) is 0. The minimum atomic E-state index is -0.291. The van der Waals surface area contributed by atoms with Gasteiger partial charge in [-0.15, -0.1) is 11.6 Å². The molecule has 1 atom stereocenters. The molecule has 0 bridgehead atoms. The molecule has 2 nitrogen and oxygen atoms in total. The Balaban J connectivity index is 2.45. The monoisotopic (exact) mass is 364 g/mol. The zero-order chi connectivity index (χ0) is 12.4. The Morgan fingerprint density at radius 2 is 2.18 bits per heavy atom. The molecule has 0 N–H and O–H groups in total. The van der Waals surface area contributed by atoms with Crippen molar-refractivity contribution >= 4 is 34.2 Å². The third kappa shape index (κ3) is 2.63. The summed E-state index contributed by atoms with van der Waals surface area (Å²) in [5.74, 6) is -0.291. The first-order valence-electron chi connectivity index (χ1n) is 5.27. The highest BCUT2D eigenvalue weighted by Crippen LogP contribution is 2.28. The fourth-order valence-electron chi connectivity index (χ4n) is 1.56. The van der Waals surface area contributed by atoms with Gasteiger partial charge in [-0.05, 0) is 41.1 Å². The SMILES string of the molecule is CCC(Cl)c1cn(-c2ccccc2F)nc1I. The molecule has 0 fully saturated rings. The van der Waals surface area contributed by atoms with Gasteiger partial charge < -0.3 is 0 Å². The van der Waals surface area contributed by atoms with E-state index in [2.05, 4.69) is 27.7 Å². The van der Waals surface area contributed by atoms with Gasteiger partial charge in [0.2, 0.25) is 0 Å². The molecule has 1 heterocycles. The van der Waals surface area contributed by atoms with Gasteiger partial charge in [-0.3, -0.25) is 0 Å². The van der Waals surface area contributed by atoms with Crippen molar-refractivity contribution < 1.29 is 4.39 Å². The van der Waals surface area contributed by atoms with Crippen molar-refractivity contribution in [1.29, 1.82) is 0 Å². The summed E-state index contributed by atoms with van der Waals surface area (Å²) in [5, 5.41) is 4.21. The maximum absolute atomic E-state index is 13.6. The first-order valence-corrected chi connectivity index (χ1v) is 6.79. The van der Waals surface area contributed by atoms with E-state index in [9.17, 15) is 4.39 Å². The maximum atomic E-state index is 13.6. The van der Waals surface area contributed by atoms with Gasteiger partial charge in [0, 0.05) is 11.8 Å². The summed E-state index contributed by atoms with van der Waals surface area (Å²) in [6.07, 6.45) is 2.61. The lowest BCUT2D eigenvalue weighted by Crippen LogP contribution is -1.97. The number of alkyl halides is 1.